The molecule has 0 amide bonds. The molecule has 0 fully saturated rings. The van der Waals surface area contributed by atoms with Crippen LogP contribution in [0.2, 0.25) is 0 Å². The standard InChI is InChI=1S/C24H50O10S2/c1-7-11-15-29-21(19-33-35(5,25)26)23(31-17-13-9-3)24(32-18-14-10-4)22(30-16-12-8-2)20-34-36(6,27)28/h21-24H,7-20H2,1-6H3/t21-,22-,23-,24-/m1/s1. The minimum atomic E-state index is -3.73. The second kappa shape index (κ2) is 20.6. The van der Waals surface area contributed by atoms with Crippen LogP contribution in [0.4, 0.5) is 0 Å². The van der Waals surface area contributed by atoms with Crippen molar-refractivity contribution in [2.75, 3.05) is 52.2 Å². The van der Waals surface area contributed by atoms with E-state index in [0.29, 0.717) is 26.4 Å². The normalized spacial score (nSPS) is 16.1. The van der Waals surface area contributed by atoms with Gasteiger partial charge in [0.25, 0.3) is 20.2 Å². The van der Waals surface area contributed by atoms with E-state index in [1.54, 1.807) is 0 Å². The molecule has 0 radical (unpaired) electrons. The molecular weight excluding hydrogens is 512 g/mol. The van der Waals surface area contributed by atoms with E-state index in [0.717, 1.165) is 63.9 Å². The molecule has 4 atom stereocenters. The lowest BCUT2D eigenvalue weighted by Gasteiger charge is -2.37. The van der Waals surface area contributed by atoms with Crippen molar-refractivity contribution in [1.82, 2.24) is 0 Å². The lowest BCUT2D eigenvalue weighted by molar-refractivity contribution is -0.188. The van der Waals surface area contributed by atoms with Crippen LogP contribution in [0, 0.1) is 0 Å². The maximum Gasteiger partial charge on any atom is 0.264 e. The molecule has 0 unspecified atom stereocenters. The summed E-state index contributed by atoms with van der Waals surface area (Å²) in [5.41, 5.74) is 0. The minimum Gasteiger partial charge on any atom is -0.373 e. The summed E-state index contributed by atoms with van der Waals surface area (Å²) in [7, 11) is -7.47. The van der Waals surface area contributed by atoms with Gasteiger partial charge in [-0.2, -0.15) is 16.8 Å². The molecule has 0 N–H and O–H groups in total. The van der Waals surface area contributed by atoms with E-state index in [4.69, 9.17) is 27.3 Å². The van der Waals surface area contributed by atoms with Gasteiger partial charge in [-0.05, 0) is 25.7 Å². The Labute approximate surface area is 219 Å². The van der Waals surface area contributed by atoms with Gasteiger partial charge < -0.3 is 18.9 Å². The maximum absolute atomic E-state index is 11.8. The van der Waals surface area contributed by atoms with Crippen LogP contribution >= 0.6 is 0 Å². The topological polar surface area (TPSA) is 124 Å². The molecule has 0 heterocycles. The van der Waals surface area contributed by atoms with Crippen LogP contribution in [-0.2, 0) is 47.5 Å². The first kappa shape index (κ1) is 35.7. The lowest BCUT2D eigenvalue weighted by atomic mass is 10.0. The molecule has 0 bridgehead atoms. The van der Waals surface area contributed by atoms with Gasteiger partial charge >= 0.3 is 0 Å². The van der Waals surface area contributed by atoms with E-state index in [2.05, 4.69) is 0 Å². The van der Waals surface area contributed by atoms with Crippen LogP contribution in [0.3, 0.4) is 0 Å². The summed E-state index contributed by atoms with van der Waals surface area (Å²) in [5, 5.41) is 0. The molecule has 10 nitrogen and oxygen atoms in total. The van der Waals surface area contributed by atoms with Crippen molar-refractivity contribution in [1.29, 1.82) is 0 Å². The summed E-state index contributed by atoms with van der Waals surface area (Å²) in [6.07, 6.45) is 5.49. The minimum absolute atomic E-state index is 0.262. The molecule has 0 aliphatic carbocycles. The molecule has 0 aliphatic rings. The van der Waals surface area contributed by atoms with E-state index in [1.807, 2.05) is 27.7 Å². The van der Waals surface area contributed by atoms with E-state index in [-0.39, 0.29) is 13.2 Å². The van der Waals surface area contributed by atoms with Crippen LogP contribution < -0.4 is 0 Å². The number of ether oxygens (including phenoxy) is 4. The van der Waals surface area contributed by atoms with Crippen molar-refractivity contribution < 1.29 is 44.1 Å². The first-order chi connectivity index (χ1) is 17.0. The fourth-order valence-electron chi connectivity index (χ4n) is 3.17. The zero-order valence-corrected chi connectivity index (χ0v) is 24.7. The first-order valence-electron chi connectivity index (χ1n) is 13.1. The Balaban J connectivity index is 6.22. The molecule has 0 saturated carbocycles. The van der Waals surface area contributed by atoms with Crippen LogP contribution in [0.1, 0.15) is 79.1 Å². The first-order valence-corrected chi connectivity index (χ1v) is 16.8. The van der Waals surface area contributed by atoms with Gasteiger partial charge in [-0.15, -0.1) is 0 Å². The van der Waals surface area contributed by atoms with Crippen LogP contribution in [-0.4, -0.2) is 93.4 Å². The summed E-state index contributed by atoms with van der Waals surface area (Å²) < 4.78 is 82.0. The number of unbranched alkanes of at least 4 members (excludes halogenated alkanes) is 4. The Morgan fingerprint density at radius 1 is 0.500 bits per heavy atom. The monoisotopic (exact) mass is 562 g/mol. The molecule has 218 valence electrons. The van der Waals surface area contributed by atoms with E-state index < -0.39 is 44.7 Å². The summed E-state index contributed by atoms with van der Waals surface area (Å²) >= 11 is 0. The second-order valence-corrected chi connectivity index (χ2v) is 12.2. The van der Waals surface area contributed by atoms with Gasteiger partial charge in [0.05, 0.1) is 25.7 Å². The Bertz CT molecular complexity index is 665. The van der Waals surface area contributed by atoms with E-state index >= 15 is 0 Å². The van der Waals surface area contributed by atoms with Gasteiger partial charge in [0.1, 0.15) is 24.4 Å². The fourth-order valence-corrected chi connectivity index (χ4v) is 3.93. The highest BCUT2D eigenvalue weighted by molar-refractivity contribution is 7.86. The van der Waals surface area contributed by atoms with Gasteiger partial charge in [0, 0.05) is 26.4 Å². The Kier molecular flexibility index (Phi) is 20.4. The van der Waals surface area contributed by atoms with Crippen LogP contribution in [0.15, 0.2) is 0 Å². The van der Waals surface area contributed by atoms with Crippen molar-refractivity contribution in [3.8, 4) is 0 Å². The van der Waals surface area contributed by atoms with Crippen molar-refractivity contribution >= 4 is 20.2 Å². The summed E-state index contributed by atoms with van der Waals surface area (Å²) in [6.45, 7) is 9.12. The summed E-state index contributed by atoms with van der Waals surface area (Å²) in [4.78, 5) is 0. The predicted molar refractivity (Wildman–Crippen MR) is 140 cm³/mol. The maximum atomic E-state index is 11.8. The van der Waals surface area contributed by atoms with Crippen molar-refractivity contribution in [3.63, 3.8) is 0 Å². The SMILES string of the molecule is CCCCO[C@@H]([C@H](OCCCC)[C@@H](COS(C)(=O)=O)OCCCC)[C@@H](COS(C)(=O)=O)OCCCC. The molecule has 0 aromatic rings. The highest BCUT2D eigenvalue weighted by Gasteiger charge is 2.39. The number of hydrogen-bond acceptors (Lipinski definition) is 10. The van der Waals surface area contributed by atoms with Gasteiger partial charge in [-0.1, -0.05) is 53.4 Å². The van der Waals surface area contributed by atoms with E-state index in [9.17, 15) is 16.8 Å². The number of rotatable bonds is 25. The molecule has 0 spiro atoms. The fraction of sp³-hybridized carbons (Fsp3) is 1.00. The Morgan fingerprint density at radius 3 is 1.03 bits per heavy atom. The third-order valence-electron chi connectivity index (χ3n) is 5.23. The van der Waals surface area contributed by atoms with Crippen molar-refractivity contribution in [2.24, 2.45) is 0 Å². The largest absolute Gasteiger partial charge is 0.373 e. The molecular formula is C24H50O10S2. The molecule has 0 saturated heterocycles. The average Bonchev–Trinajstić information content (AvgIpc) is 2.79. The third kappa shape index (κ3) is 18.8. The molecule has 0 rings (SSSR count). The van der Waals surface area contributed by atoms with Crippen LogP contribution in [0.5, 0.6) is 0 Å². The molecule has 36 heavy (non-hydrogen) atoms. The number of hydrogen-bond donors (Lipinski definition) is 0. The summed E-state index contributed by atoms with van der Waals surface area (Å²) in [5.74, 6) is 0. The summed E-state index contributed by atoms with van der Waals surface area (Å²) in [6, 6.07) is 0. The Hall–Kier alpha value is -0.340. The van der Waals surface area contributed by atoms with Crippen LogP contribution in [0.25, 0.3) is 0 Å². The quantitative estimate of drug-likeness (QED) is 0.120. The molecule has 12 heteroatoms. The highest BCUT2D eigenvalue weighted by atomic mass is 32.2. The van der Waals surface area contributed by atoms with Gasteiger partial charge in [0.2, 0.25) is 0 Å². The third-order valence-corrected chi connectivity index (χ3v) is 6.35. The molecule has 0 aromatic heterocycles. The highest BCUT2D eigenvalue weighted by Crippen LogP contribution is 2.22. The predicted octanol–water partition coefficient (Wildman–Crippen LogP) is 3.68. The zero-order chi connectivity index (χ0) is 27.5. The van der Waals surface area contributed by atoms with Gasteiger partial charge in [-0.25, -0.2) is 0 Å². The van der Waals surface area contributed by atoms with Gasteiger partial charge in [-0.3, -0.25) is 8.37 Å². The molecule has 0 aromatic carbocycles. The smallest absolute Gasteiger partial charge is 0.264 e. The Morgan fingerprint density at radius 2 is 0.778 bits per heavy atom. The second-order valence-electron chi connectivity index (χ2n) is 8.88. The molecule has 0 aliphatic heterocycles. The lowest BCUT2D eigenvalue weighted by Crippen LogP contribution is -2.53. The average molecular weight is 563 g/mol. The van der Waals surface area contributed by atoms with Gasteiger partial charge in [0.15, 0.2) is 0 Å². The van der Waals surface area contributed by atoms with Crippen molar-refractivity contribution in [3.05, 3.63) is 0 Å². The zero-order valence-electron chi connectivity index (χ0n) is 23.1. The van der Waals surface area contributed by atoms with Crippen molar-refractivity contribution in [2.45, 2.75) is 103 Å². The van der Waals surface area contributed by atoms with E-state index in [1.165, 1.54) is 0 Å².